The molecule has 1 amide bonds. The number of rotatable bonds is 1. The zero-order chi connectivity index (χ0) is 14.8. The number of nitrogens with zero attached hydrogens (tertiary/aromatic N) is 1. The number of hydrogen-bond acceptors (Lipinski definition) is 2. The van der Waals surface area contributed by atoms with Crippen LogP contribution in [0.4, 0.5) is 10.1 Å². The van der Waals surface area contributed by atoms with Crippen molar-refractivity contribution in [3.05, 3.63) is 65.5 Å². The monoisotopic (exact) mass is 279 g/mol. The lowest BCUT2D eigenvalue weighted by molar-refractivity contribution is -0.114. The topological polar surface area (TPSA) is 37.4 Å². The molecule has 21 heavy (non-hydrogen) atoms. The molecule has 0 fully saturated rings. The van der Waals surface area contributed by atoms with Gasteiger partial charge < -0.3 is 0 Å². The third-order valence-corrected chi connectivity index (χ3v) is 3.18. The molecular formula is C17H10FNO2. The number of hydrogen-bond donors (Lipinski definition) is 0. The van der Waals surface area contributed by atoms with Crippen molar-refractivity contribution in [2.24, 2.45) is 0 Å². The van der Waals surface area contributed by atoms with Gasteiger partial charge in [-0.2, -0.15) is 0 Å². The van der Waals surface area contributed by atoms with Gasteiger partial charge in [-0.3, -0.25) is 14.5 Å². The number of fused-ring (bicyclic) bond motifs is 1. The summed E-state index contributed by atoms with van der Waals surface area (Å²) in [6, 6.07) is 13.0. The van der Waals surface area contributed by atoms with Crippen molar-refractivity contribution in [3.63, 3.8) is 0 Å². The number of amides is 1. The molecule has 2 aromatic rings. The zero-order valence-electron chi connectivity index (χ0n) is 11.0. The first-order valence-corrected chi connectivity index (χ1v) is 6.36. The Balaban J connectivity index is 1.87. The zero-order valence-corrected chi connectivity index (χ0v) is 11.0. The molecule has 3 rings (SSSR count). The average molecular weight is 279 g/mol. The van der Waals surface area contributed by atoms with Crippen LogP contribution in [0.3, 0.4) is 0 Å². The van der Waals surface area contributed by atoms with Crippen molar-refractivity contribution in [1.82, 2.24) is 0 Å². The van der Waals surface area contributed by atoms with Gasteiger partial charge in [0, 0.05) is 5.56 Å². The van der Waals surface area contributed by atoms with Gasteiger partial charge in [0.05, 0.1) is 17.8 Å². The first-order valence-electron chi connectivity index (χ1n) is 6.36. The van der Waals surface area contributed by atoms with E-state index in [-0.39, 0.29) is 17.8 Å². The van der Waals surface area contributed by atoms with Crippen molar-refractivity contribution in [3.8, 4) is 11.8 Å². The lowest BCUT2D eigenvalue weighted by atomic mass is 10.1. The molecule has 1 aliphatic heterocycles. The van der Waals surface area contributed by atoms with E-state index >= 15 is 0 Å². The molecule has 0 saturated carbocycles. The molecule has 2 aromatic carbocycles. The second-order valence-corrected chi connectivity index (χ2v) is 4.55. The Kier molecular flexibility index (Phi) is 3.25. The lowest BCUT2D eigenvalue weighted by Gasteiger charge is -2.12. The SMILES string of the molecule is O=C1C(=O)N(CC#Cc2ccccc2)c2cc(F)ccc21. The van der Waals surface area contributed by atoms with Gasteiger partial charge >= 0.3 is 0 Å². The second-order valence-electron chi connectivity index (χ2n) is 4.55. The third kappa shape index (κ3) is 2.41. The van der Waals surface area contributed by atoms with Crippen LogP contribution >= 0.6 is 0 Å². The number of halogens is 1. The summed E-state index contributed by atoms with van der Waals surface area (Å²) in [6.45, 7) is 0.0515. The van der Waals surface area contributed by atoms with Crippen LogP contribution in [0.5, 0.6) is 0 Å². The Bertz CT molecular complexity index is 787. The summed E-state index contributed by atoms with van der Waals surface area (Å²) >= 11 is 0. The normalized spacial score (nSPS) is 12.9. The van der Waals surface area contributed by atoms with Crippen LogP contribution in [0.1, 0.15) is 15.9 Å². The summed E-state index contributed by atoms with van der Waals surface area (Å²) in [4.78, 5) is 24.9. The minimum atomic E-state index is -0.669. The molecular weight excluding hydrogens is 269 g/mol. The molecule has 3 nitrogen and oxygen atoms in total. The number of benzene rings is 2. The van der Waals surface area contributed by atoms with E-state index in [9.17, 15) is 14.0 Å². The molecule has 1 heterocycles. The van der Waals surface area contributed by atoms with Crippen molar-refractivity contribution in [2.45, 2.75) is 0 Å². The summed E-state index contributed by atoms with van der Waals surface area (Å²) < 4.78 is 13.3. The van der Waals surface area contributed by atoms with E-state index in [0.29, 0.717) is 0 Å². The number of anilines is 1. The molecule has 0 saturated heterocycles. The van der Waals surface area contributed by atoms with Gasteiger partial charge in [-0.25, -0.2) is 4.39 Å². The number of carbonyl (C=O) groups is 2. The predicted octanol–water partition coefficient (Wildman–Crippen LogP) is 2.41. The van der Waals surface area contributed by atoms with Gasteiger partial charge in [0.25, 0.3) is 11.7 Å². The van der Waals surface area contributed by atoms with Gasteiger partial charge in [-0.15, -0.1) is 0 Å². The highest BCUT2D eigenvalue weighted by Gasteiger charge is 2.35. The summed E-state index contributed by atoms with van der Waals surface area (Å²) in [5, 5.41) is 0. The van der Waals surface area contributed by atoms with Crippen LogP contribution in [0.2, 0.25) is 0 Å². The van der Waals surface area contributed by atoms with E-state index in [0.717, 1.165) is 5.56 Å². The van der Waals surface area contributed by atoms with E-state index < -0.39 is 17.5 Å². The Morgan fingerprint density at radius 3 is 2.57 bits per heavy atom. The van der Waals surface area contributed by atoms with Crippen molar-refractivity contribution >= 4 is 17.4 Å². The van der Waals surface area contributed by atoms with Crippen LogP contribution in [0, 0.1) is 17.7 Å². The molecule has 102 valence electrons. The average Bonchev–Trinajstić information content (AvgIpc) is 2.73. The highest BCUT2D eigenvalue weighted by atomic mass is 19.1. The van der Waals surface area contributed by atoms with Gasteiger partial charge in [-0.1, -0.05) is 30.0 Å². The summed E-state index contributed by atoms with van der Waals surface area (Å²) in [7, 11) is 0. The molecule has 4 heteroatoms. The summed E-state index contributed by atoms with van der Waals surface area (Å²) in [5.41, 5.74) is 1.32. The van der Waals surface area contributed by atoms with Gasteiger partial charge in [-0.05, 0) is 30.3 Å². The maximum absolute atomic E-state index is 13.3. The first-order chi connectivity index (χ1) is 10.2. The van der Waals surface area contributed by atoms with E-state index in [1.54, 1.807) is 0 Å². The van der Waals surface area contributed by atoms with Crippen LogP contribution in [-0.4, -0.2) is 18.2 Å². The molecule has 0 N–H and O–H groups in total. The second kappa shape index (κ2) is 5.22. The van der Waals surface area contributed by atoms with Crippen molar-refractivity contribution < 1.29 is 14.0 Å². The molecule has 0 aliphatic carbocycles. The summed E-state index contributed by atoms with van der Waals surface area (Å²) in [6.07, 6.45) is 0. The van der Waals surface area contributed by atoms with Gasteiger partial charge in [0.1, 0.15) is 5.82 Å². The maximum atomic E-state index is 13.3. The molecule has 0 atom stereocenters. The fourth-order valence-corrected chi connectivity index (χ4v) is 2.17. The lowest BCUT2D eigenvalue weighted by Crippen LogP contribution is -2.30. The summed E-state index contributed by atoms with van der Waals surface area (Å²) in [5.74, 6) is 3.96. The maximum Gasteiger partial charge on any atom is 0.300 e. The number of Topliss-reactive ketones (excluding diaryl/α,β-unsaturated/α-hetero) is 1. The van der Waals surface area contributed by atoms with Crippen molar-refractivity contribution in [2.75, 3.05) is 11.4 Å². The van der Waals surface area contributed by atoms with E-state index in [1.165, 1.54) is 23.1 Å². The molecule has 0 bridgehead atoms. The fourth-order valence-electron chi connectivity index (χ4n) is 2.17. The van der Waals surface area contributed by atoms with E-state index in [1.807, 2.05) is 30.3 Å². The largest absolute Gasteiger partial charge is 0.300 e. The molecule has 0 radical (unpaired) electrons. The molecule has 0 unspecified atom stereocenters. The smallest absolute Gasteiger partial charge is 0.293 e. The fraction of sp³-hybridized carbons (Fsp3) is 0.0588. The highest BCUT2D eigenvalue weighted by molar-refractivity contribution is 6.52. The molecule has 0 aromatic heterocycles. The van der Waals surface area contributed by atoms with Crippen LogP contribution < -0.4 is 4.90 Å². The van der Waals surface area contributed by atoms with Crippen LogP contribution in [0.15, 0.2) is 48.5 Å². The molecule has 1 aliphatic rings. The van der Waals surface area contributed by atoms with Gasteiger partial charge in [0.2, 0.25) is 0 Å². The number of ketones is 1. The molecule has 0 spiro atoms. The third-order valence-electron chi connectivity index (χ3n) is 3.18. The van der Waals surface area contributed by atoms with Gasteiger partial charge in [0.15, 0.2) is 0 Å². The van der Waals surface area contributed by atoms with E-state index in [4.69, 9.17) is 0 Å². The van der Waals surface area contributed by atoms with Crippen molar-refractivity contribution in [1.29, 1.82) is 0 Å². The standard InChI is InChI=1S/C17H10FNO2/c18-13-8-9-14-15(11-13)19(17(21)16(14)20)10-4-7-12-5-2-1-3-6-12/h1-3,5-6,8-9,11H,10H2. The minimum Gasteiger partial charge on any atom is -0.293 e. The first kappa shape index (κ1) is 13.1. The quantitative estimate of drug-likeness (QED) is 0.594. The van der Waals surface area contributed by atoms with Crippen LogP contribution in [-0.2, 0) is 4.79 Å². The Morgan fingerprint density at radius 1 is 1.05 bits per heavy atom. The Hall–Kier alpha value is -2.93. The van der Waals surface area contributed by atoms with Crippen LogP contribution in [0.25, 0.3) is 0 Å². The Morgan fingerprint density at radius 2 is 1.81 bits per heavy atom. The predicted molar refractivity (Wildman–Crippen MR) is 76.4 cm³/mol. The highest BCUT2D eigenvalue weighted by Crippen LogP contribution is 2.29. The minimum absolute atomic E-state index is 0.0515. The Labute approximate surface area is 121 Å². The number of carbonyl (C=O) groups excluding carboxylic acids is 2. The van der Waals surface area contributed by atoms with E-state index in [2.05, 4.69) is 11.8 Å².